The topological polar surface area (TPSA) is 103 Å². The summed E-state index contributed by atoms with van der Waals surface area (Å²) in [5.41, 5.74) is 2.62. The van der Waals surface area contributed by atoms with Crippen molar-refractivity contribution in [2.75, 3.05) is 26.3 Å². The van der Waals surface area contributed by atoms with Crippen LogP contribution in [0.4, 0.5) is 0 Å². The van der Waals surface area contributed by atoms with E-state index in [-0.39, 0.29) is 17.8 Å². The third kappa shape index (κ3) is 3.91. The Bertz CT molecular complexity index is 1600. The lowest BCUT2D eigenvalue weighted by atomic mass is 10.0. The molecule has 0 saturated carbocycles. The molecular formula is C26H25N7O3S. The first-order chi connectivity index (χ1) is 18.3. The number of thiophene rings is 1. The van der Waals surface area contributed by atoms with Gasteiger partial charge in [0.1, 0.15) is 19.3 Å². The number of imidazole rings is 1. The maximum Gasteiger partial charge on any atom is 0.326 e. The molecule has 5 aromatic rings. The molecule has 5 heterocycles. The molecule has 0 spiro atoms. The van der Waals surface area contributed by atoms with Crippen LogP contribution in [0.15, 0.2) is 64.8 Å². The van der Waals surface area contributed by atoms with Crippen LogP contribution in [0.2, 0.25) is 0 Å². The maximum atomic E-state index is 12.8. The second kappa shape index (κ2) is 9.16. The van der Waals surface area contributed by atoms with Gasteiger partial charge in [0, 0.05) is 30.1 Å². The lowest BCUT2D eigenvalue weighted by Gasteiger charge is -2.36. The number of ether oxygens (including phenoxy) is 2. The molecule has 0 radical (unpaired) electrons. The van der Waals surface area contributed by atoms with Crippen molar-refractivity contribution in [3.8, 4) is 17.2 Å². The van der Waals surface area contributed by atoms with Gasteiger partial charge in [-0.05, 0) is 59.0 Å². The fraction of sp³-hybridized carbons (Fsp3) is 0.308. The van der Waals surface area contributed by atoms with Crippen molar-refractivity contribution >= 4 is 22.4 Å². The van der Waals surface area contributed by atoms with Gasteiger partial charge in [0.05, 0.1) is 16.7 Å². The number of tetrazole rings is 1. The van der Waals surface area contributed by atoms with Gasteiger partial charge in [-0.15, -0.1) is 16.4 Å². The molecule has 3 aromatic heterocycles. The second-order valence-corrected chi connectivity index (χ2v) is 10.3. The van der Waals surface area contributed by atoms with Gasteiger partial charge in [-0.25, -0.2) is 4.79 Å². The Morgan fingerprint density at radius 2 is 1.84 bits per heavy atom. The minimum absolute atomic E-state index is 0.0444. The van der Waals surface area contributed by atoms with Gasteiger partial charge in [0.25, 0.3) is 0 Å². The molecule has 0 aliphatic carbocycles. The lowest BCUT2D eigenvalue weighted by Crippen LogP contribution is -2.40. The van der Waals surface area contributed by atoms with E-state index in [4.69, 9.17) is 9.47 Å². The average Bonchev–Trinajstić information content (AvgIpc) is 3.70. The Hall–Kier alpha value is -3.96. The molecule has 2 aromatic carbocycles. The van der Waals surface area contributed by atoms with Crippen LogP contribution in [0.5, 0.6) is 11.5 Å². The molecule has 11 heteroatoms. The number of para-hydroxylation sites is 2. The summed E-state index contributed by atoms with van der Waals surface area (Å²) in [4.78, 5) is 19.4. The van der Waals surface area contributed by atoms with Gasteiger partial charge >= 0.3 is 5.69 Å². The number of benzene rings is 2. The highest BCUT2D eigenvalue weighted by atomic mass is 32.1. The quantitative estimate of drug-likeness (QED) is 0.382. The predicted octanol–water partition coefficient (Wildman–Crippen LogP) is 3.56. The highest BCUT2D eigenvalue weighted by Crippen LogP contribution is 2.37. The SMILES string of the molecule is O=c1[nH]c2ccccc2n1C1CCN(C(c2cccs2)c2nnnn2-c2ccc3c(c2)OCCO3)CC1. The van der Waals surface area contributed by atoms with Gasteiger partial charge in [-0.3, -0.25) is 9.47 Å². The van der Waals surface area contributed by atoms with Gasteiger partial charge in [0.15, 0.2) is 17.3 Å². The highest BCUT2D eigenvalue weighted by molar-refractivity contribution is 7.10. The Morgan fingerprint density at radius 3 is 2.68 bits per heavy atom. The summed E-state index contributed by atoms with van der Waals surface area (Å²) in [6.45, 7) is 2.69. The molecule has 1 saturated heterocycles. The molecule has 2 aliphatic rings. The monoisotopic (exact) mass is 515 g/mol. The first kappa shape index (κ1) is 22.3. The van der Waals surface area contributed by atoms with Gasteiger partial charge in [-0.1, -0.05) is 18.2 Å². The van der Waals surface area contributed by atoms with E-state index in [1.807, 2.05) is 47.0 Å². The molecule has 0 amide bonds. The van der Waals surface area contributed by atoms with E-state index in [1.54, 1.807) is 16.0 Å². The molecule has 1 N–H and O–H groups in total. The van der Waals surface area contributed by atoms with Crippen LogP contribution in [0.3, 0.4) is 0 Å². The van der Waals surface area contributed by atoms with Crippen molar-refractivity contribution in [1.29, 1.82) is 0 Å². The lowest BCUT2D eigenvalue weighted by molar-refractivity contribution is 0.149. The van der Waals surface area contributed by atoms with E-state index in [2.05, 4.69) is 42.9 Å². The number of aromatic nitrogens is 6. The smallest absolute Gasteiger partial charge is 0.326 e. The van der Waals surface area contributed by atoms with Crippen LogP contribution >= 0.6 is 11.3 Å². The number of likely N-dealkylation sites (tertiary alicyclic amines) is 1. The van der Waals surface area contributed by atoms with E-state index >= 15 is 0 Å². The van der Waals surface area contributed by atoms with Crippen molar-refractivity contribution < 1.29 is 9.47 Å². The summed E-state index contributed by atoms with van der Waals surface area (Å²) < 4.78 is 15.2. The number of nitrogens with one attached hydrogen (secondary N) is 1. The molecule has 2 aliphatic heterocycles. The Balaban J connectivity index is 1.20. The standard InChI is InChI=1S/C26H25N7O3S/c34-26-27-19-4-1-2-5-20(19)32(26)17-9-11-31(12-10-17)24(23-6-3-15-37-23)25-28-29-30-33(25)18-7-8-21-22(16-18)36-14-13-35-21/h1-8,15-17,24H,9-14H2,(H,27,34). The molecule has 7 rings (SSSR count). The van der Waals surface area contributed by atoms with Crippen molar-refractivity contribution in [3.05, 3.63) is 81.2 Å². The molecule has 1 unspecified atom stereocenters. The number of H-pyrrole nitrogens is 1. The Labute approximate surface area is 216 Å². The first-order valence-corrected chi connectivity index (χ1v) is 13.3. The van der Waals surface area contributed by atoms with E-state index in [0.29, 0.717) is 19.0 Å². The van der Waals surface area contributed by atoms with Crippen LogP contribution in [0.1, 0.15) is 35.6 Å². The van der Waals surface area contributed by atoms with Crippen molar-refractivity contribution in [3.63, 3.8) is 0 Å². The third-order valence-electron chi connectivity index (χ3n) is 7.17. The van der Waals surface area contributed by atoms with Crippen LogP contribution < -0.4 is 15.2 Å². The first-order valence-electron chi connectivity index (χ1n) is 12.4. The summed E-state index contributed by atoms with van der Waals surface area (Å²) >= 11 is 1.70. The number of piperidine rings is 1. The zero-order valence-corrected chi connectivity index (χ0v) is 20.8. The number of hydrogen-bond donors (Lipinski definition) is 1. The predicted molar refractivity (Wildman–Crippen MR) is 139 cm³/mol. The fourth-order valence-corrected chi connectivity index (χ4v) is 6.32. The molecule has 10 nitrogen and oxygen atoms in total. The summed E-state index contributed by atoms with van der Waals surface area (Å²) in [5, 5.41) is 15.0. The molecule has 0 bridgehead atoms. The number of nitrogens with zero attached hydrogens (tertiary/aromatic N) is 6. The number of rotatable bonds is 5. The van der Waals surface area contributed by atoms with Crippen LogP contribution in [-0.2, 0) is 0 Å². The van der Waals surface area contributed by atoms with Gasteiger partial charge < -0.3 is 14.5 Å². The summed E-state index contributed by atoms with van der Waals surface area (Å²) in [5.74, 6) is 2.18. The summed E-state index contributed by atoms with van der Waals surface area (Å²) in [6.07, 6.45) is 1.71. The third-order valence-corrected chi connectivity index (χ3v) is 8.10. The van der Waals surface area contributed by atoms with E-state index in [1.165, 1.54) is 4.88 Å². The largest absolute Gasteiger partial charge is 0.486 e. The summed E-state index contributed by atoms with van der Waals surface area (Å²) in [7, 11) is 0. The van der Waals surface area contributed by atoms with Crippen LogP contribution in [0, 0.1) is 0 Å². The Kier molecular flexibility index (Phi) is 5.51. The zero-order valence-electron chi connectivity index (χ0n) is 20.0. The Morgan fingerprint density at radius 1 is 1.00 bits per heavy atom. The summed E-state index contributed by atoms with van der Waals surface area (Å²) in [6, 6.07) is 17.9. The molecule has 1 atom stereocenters. The number of fused-ring (bicyclic) bond motifs is 2. The van der Waals surface area contributed by atoms with Gasteiger partial charge in [-0.2, -0.15) is 4.68 Å². The van der Waals surface area contributed by atoms with Crippen LogP contribution in [-0.4, -0.2) is 61.0 Å². The van der Waals surface area contributed by atoms with E-state index in [9.17, 15) is 4.79 Å². The van der Waals surface area contributed by atoms with E-state index < -0.39 is 0 Å². The van der Waals surface area contributed by atoms with Crippen molar-refractivity contribution in [1.82, 2.24) is 34.7 Å². The minimum Gasteiger partial charge on any atom is -0.486 e. The van der Waals surface area contributed by atoms with E-state index in [0.717, 1.165) is 54.2 Å². The number of aromatic amines is 1. The van der Waals surface area contributed by atoms with Crippen molar-refractivity contribution in [2.45, 2.75) is 24.9 Å². The number of hydrogen-bond acceptors (Lipinski definition) is 8. The minimum atomic E-state index is -0.108. The molecule has 188 valence electrons. The van der Waals surface area contributed by atoms with Crippen molar-refractivity contribution in [2.24, 2.45) is 0 Å². The highest BCUT2D eigenvalue weighted by Gasteiger charge is 2.33. The maximum absolute atomic E-state index is 12.8. The fourth-order valence-electron chi connectivity index (χ4n) is 5.47. The average molecular weight is 516 g/mol. The second-order valence-electron chi connectivity index (χ2n) is 9.28. The van der Waals surface area contributed by atoms with Gasteiger partial charge in [0.2, 0.25) is 0 Å². The van der Waals surface area contributed by atoms with Crippen LogP contribution in [0.25, 0.3) is 16.7 Å². The molecule has 37 heavy (non-hydrogen) atoms. The molecule has 1 fully saturated rings. The zero-order chi connectivity index (χ0) is 24.8. The normalized spacial score (nSPS) is 17.3. The molecular weight excluding hydrogens is 490 g/mol.